The number of hydrogen-bond donors (Lipinski definition) is 1. The van der Waals surface area contributed by atoms with Crippen LogP contribution in [0.1, 0.15) is 12.5 Å². The predicted octanol–water partition coefficient (Wildman–Crippen LogP) is 2.76. The van der Waals surface area contributed by atoms with Crippen molar-refractivity contribution in [2.75, 3.05) is 44.7 Å². The number of carbonyl (C=O) groups is 1. The lowest BCUT2D eigenvalue weighted by Crippen LogP contribution is -2.47. The van der Waals surface area contributed by atoms with Gasteiger partial charge in [-0.1, -0.05) is 42.5 Å². The van der Waals surface area contributed by atoms with E-state index in [0.29, 0.717) is 6.54 Å². The third-order valence-corrected chi connectivity index (χ3v) is 5.20. The summed E-state index contributed by atoms with van der Waals surface area (Å²) in [6.07, 6.45) is 0. The third-order valence-electron chi connectivity index (χ3n) is 5.20. The van der Waals surface area contributed by atoms with E-state index in [1.54, 1.807) is 18.2 Å². The maximum absolute atomic E-state index is 12.8. The Morgan fingerprint density at radius 2 is 1.83 bits per heavy atom. The van der Waals surface area contributed by atoms with Crippen LogP contribution in [0.4, 0.5) is 11.4 Å². The molecule has 2 aromatic rings. The largest absolute Gasteiger partial charge is 0.379 e. The number of anilines is 1. The van der Waals surface area contributed by atoms with Gasteiger partial charge in [-0.3, -0.25) is 24.7 Å². The molecular formula is C22H28N4O4. The van der Waals surface area contributed by atoms with E-state index in [4.69, 9.17) is 4.74 Å². The number of para-hydroxylation sites is 2. The van der Waals surface area contributed by atoms with Crippen molar-refractivity contribution >= 4 is 17.3 Å². The van der Waals surface area contributed by atoms with Crippen LogP contribution in [0.2, 0.25) is 0 Å². The van der Waals surface area contributed by atoms with E-state index in [-0.39, 0.29) is 29.9 Å². The van der Waals surface area contributed by atoms with E-state index in [9.17, 15) is 14.9 Å². The van der Waals surface area contributed by atoms with E-state index < -0.39 is 4.92 Å². The van der Waals surface area contributed by atoms with Crippen LogP contribution in [0.5, 0.6) is 0 Å². The highest BCUT2D eigenvalue weighted by atomic mass is 16.6. The van der Waals surface area contributed by atoms with E-state index in [0.717, 1.165) is 38.4 Å². The molecule has 1 amide bonds. The minimum Gasteiger partial charge on any atom is -0.379 e. The van der Waals surface area contributed by atoms with Crippen LogP contribution in [-0.4, -0.2) is 66.1 Å². The molecule has 1 fully saturated rings. The summed E-state index contributed by atoms with van der Waals surface area (Å²) in [4.78, 5) is 28.0. The Bertz CT molecular complexity index is 840. The molecule has 1 heterocycles. The fourth-order valence-corrected chi connectivity index (χ4v) is 3.57. The molecule has 2 aromatic carbocycles. The van der Waals surface area contributed by atoms with Crippen molar-refractivity contribution in [2.45, 2.75) is 19.5 Å². The summed E-state index contributed by atoms with van der Waals surface area (Å²) in [6.45, 7) is 6.92. The van der Waals surface area contributed by atoms with Crippen molar-refractivity contribution in [2.24, 2.45) is 0 Å². The molecular weight excluding hydrogens is 384 g/mol. The highest BCUT2D eigenvalue weighted by molar-refractivity contribution is 5.94. The van der Waals surface area contributed by atoms with E-state index in [1.807, 2.05) is 30.3 Å². The first-order chi connectivity index (χ1) is 14.5. The number of nitro groups is 1. The maximum Gasteiger partial charge on any atom is 0.292 e. The van der Waals surface area contributed by atoms with Gasteiger partial charge < -0.3 is 10.1 Å². The first kappa shape index (κ1) is 21.9. The smallest absolute Gasteiger partial charge is 0.292 e. The second kappa shape index (κ2) is 10.8. The molecule has 0 aliphatic carbocycles. The first-order valence-corrected chi connectivity index (χ1v) is 10.1. The van der Waals surface area contributed by atoms with Crippen LogP contribution in [0.3, 0.4) is 0 Å². The number of carbonyl (C=O) groups excluding carboxylic acids is 1. The van der Waals surface area contributed by atoms with Crippen molar-refractivity contribution in [1.29, 1.82) is 0 Å². The molecule has 1 aliphatic rings. The van der Waals surface area contributed by atoms with Crippen LogP contribution >= 0.6 is 0 Å². The number of benzene rings is 2. The van der Waals surface area contributed by atoms with Crippen molar-refractivity contribution in [3.8, 4) is 0 Å². The van der Waals surface area contributed by atoms with Gasteiger partial charge in [0.15, 0.2) is 0 Å². The van der Waals surface area contributed by atoms with Crippen molar-refractivity contribution in [1.82, 2.24) is 9.80 Å². The zero-order valence-electron chi connectivity index (χ0n) is 17.2. The summed E-state index contributed by atoms with van der Waals surface area (Å²) in [5.74, 6) is -0.269. The van der Waals surface area contributed by atoms with Gasteiger partial charge in [-0.15, -0.1) is 0 Å². The molecule has 0 spiro atoms. The van der Waals surface area contributed by atoms with Crippen LogP contribution < -0.4 is 5.32 Å². The Hall–Kier alpha value is -2.81. The van der Waals surface area contributed by atoms with Gasteiger partial charge in [0.1, 0.15) is 5.69 Å². The molecule has 0 bridgehead atoms. The zero-order valence-corrected chi connectivity index (χ0v) is 17.2. The highest BCUT2D eigenvalue weighted by Crippen LogP contribution is 2.23. The van der Waals surface area contributed by atoms with Crippen LogP contribution in [0.15, 0.2) is 54.6 Å². The SMILES string of the molecule is CC(CN1CCOCC1)N(CC(=O)Nc1ccccc1[N+](=O)[O-])Cc1ccccc1. The molecule has 0 saturated carbocycles. The average Bonchev–Trinajstić information content (AvgIpc) is 2.75. The second-order valence-corrected chi connectivity index (χ2v) is 7.48. The van der Waals surface area contributed by atoms with Gasteiger partial charge in [0.2, 0.25) is 5.91 Å². The number of rotatable bonds is 9. The van der Waals surface area contributed by atoms with Gasteiger partial charge in [0, 0.05) is 38.3 Å². The van der Waals surface area contributed by atoms with Gasteiger partial charge in [0.05, 0.1) is 24.7 Å². The minimum atomic E-state index is -0.488. The number of nitro benzene ring substituents is 1. The van der Waals surface area contributed by atoms with Crippen LogP contribution in [-0.2, 0) is 16.1 Å². The second-order valence-electron chi connectivity index (χ2n) is 7.48. The van der Waals surface area contributed by atoms with Gasteiger partial charge in [-0.25, -0.2) is 0 Å². The normalized spacial score (nSPS) is 15.7. The lowest BCUT2D eigenvalue weighted by atomic mass is 10.1. The summed E-state index contributed by atoms with van der Waals surface area (Å²) < 4.78 is 5.42. The van der Waals surface area contributed by atoms with Crippen LogP contribution in [0, 0.1) is 10.1 Å². The summed E-state index contributed by atoms with van der Waals surface area (Å²) in [7, 11) is 0. The fourth-order valence-electron chi connectivity index (χ4n) is 3.57. The summed E-state index contributed by atoms with van der Waals surface area (Å²) >= 11 is 0. The minimum absolute atomic E-state index is 0.109. The number of amides is 1. The number of ether oxygens (including phenoxy) is 1. The van der Waals surface area contributed by atoms with Crippen molar-refractivity contribution in [3.05, 3.63) is 70.3 Å². The maximum atomic E-state index is 12.8. The summed E-state index contributed by atoms with van der Waals surface area (Å²) in [5.41, 5.74) is 1.22. The summed E-state index contributed by atoms with van der Waals surface area (Å²) in [5, 5.41) is 13.9. The number of hydrogen-bond acceptors (Lipinski definition) is 6. The third kappa shape index (κ3) is 6.35. The molecule has 0 aromatic heterocycles. The zero-order chi connectivity index (χ0) is 21.3. The van der Waals surface area contributed by atoms with Crippen molar-refractivity contribution < 1.29 is 14.5 Å². The van der Waals surface area contributed by atoms with Crippen molar-refractivity contribution in [3.63, 3.8) is 0 Å². The first-order valence-electron chi connectivity index (χ1n) is 10.1. The van der Waals surface area contributed by atoms with Gasteiger partial charge in [-0.05, 0) is 18.6 Å². The molecule has 1 unspecified atom stereocenters. The quantitative estimate of drug-likeness (QED) is 0.503. The summed E-state index contributed by atoms with van der Waals surface area (Å²) in [6, 6.07) is 16.3. The molecule has 0 radical (unpaired) electrons. The molecule has 30 heavy (non-hydrogen) atoms. The molecule has 8 nitrogen and oxygen atoms in total. The number of nitrogens with one attached hydrogen (secondary N) is 1. The van der Waals surface area contributed by atoms with E-state index in [1.165, 1.54) is 6.07 Å². The molecule has 8 heteroatoms. The Balaban J connectivity index is 1.69. The number of nitrogens with zero attached hydrogens (tertiary/aromatic N) is 3. The Labute approximate surface area is 176 Å². The molecule has 3 rings (SSSR count). The van der Waals surface area contributed by atoms with Gasteiger partial charge in [-0.2, -0.15) is 0 Å². The lowest BCUT2D eigenvalue weighted by molar-refractivity contribution is -0.383. The fraction of sp³-hybridized carbons (Fsp3) is 0.409. The number of morpholine rings is 1. The topological polar surface area (TPSA) is 88.0 Å². The van der Waals surface area contributed by atoms with Crippen LogP contribution in [0.25, 0.3) is 0 Å². The standard InChI is InChI=1S/C22H28N4O4/c1-18(15-24-11-13-30-14-12-24)25(16-19-7-3-2-4-8-19)17-22(27)23-20-9-5-6-10-21(20)26(28)29/h2-10,18H,11-17H2,1H3,(H,23,27). The highest BCUT2D eigenvalue weighted by Gasteiger charge is 2.23. The van der Waals surface area contributed by atoms with E-state index >= 15 is 0 Å². The molecule has 1 N–H and O–H groups in total. The molecule has 1 aliphatic heterocycles. The molecule has 1 atom stereocenters. The molecule has 1 saturated heterocycles. The molecule has 160 valence electrons. The van der Waals surface area contributed by atoms with E-state index in [2.05, 4.69) is 22.0 Å². The Morgan fingerprint density at radius 3 is 2.53 bits per heavy atom. The van der Waals surface area contributed by atoms with Gasteiger partial charge in [0.25, 0.3) is 5.69 Å². The Kier molecular flexibility index (Phi) is 7.89. The predicted molar refractivity (Wildman–Crippen MR) is 115 cm³/mol. The lowest BCUT2D eigenvalue weighted by Gasteiger charge is -2.34. The Morgan fingerprint density at radius 1 is 1.17 bits per heavy atom. The van der Waals surface area contributed by atoms with Gasteiger partial charge >= 0.3 is 0 Å². The monoisotopic (exact) mass is 412 g/mol. The average molecular weight is 412 g/mol.